The molecule has 9 heteroatoms. The number of rotatable bonds is 3. The van der Waals surface area contributed by atoms with Gasteiger partial charge in [-0.25, -0.2) is 9.48 Å². The average molecular weight is 259 g/mol. The fourth-order valence-electron chi connectivity index (χ4n) is 0.995. The normalized spacial score (nSPS) is 11.1. The van der Waals surface area contributed by atoms with E-state index in [2.05, 4.69) is 11.7 Å². The van der Waals surface area contributed by atoms with Gasteiger partial charge in [-0.2, -0.15) is 5.10 Å². The topological polar surface area (TPSA) is 39.8 Å². The van der Waals surface area contributed by atoms with Gasteiger partial charge < -0.3 is 12.9 Å². The summed E-state index contributed by atoms with van der Waals surface area (Å²) in [6.45, 7) is -1.29. The zero-order chi connectivity index (χ0) is 11.8. The van der Waals surface area contributed by atoms with Crippen molar-refractivity contribution >= 4 is 6.98 Å². The first-order valence-corrected chi connectivity index (χ1v) is 4.21. The molecular formula is C7H10BF3KN3O. The molecule has 0 unspecified atom stereocenters. The Morgan fingerprint density at radius 3 is 2.31 bits per heavy atom. The molecule has 0 aromatic carbocycles. The molecule has 0 N–H and O–H groups in total. The van der Waals surface area contributed by atoms with E-state index in [1.165, 1.54) is 11.6 Å². The van der Waals surface area contributed by atoms with Crippen LogP contribution in [-0.4, -0.2) is 21.3 Å². The van der Waals surface area contributed by atoms with Crippen LogP contribution in [0.4, 0.5) is 12.9 Å². The van der Waals surface area contributed by atoms with E-state index in [1.807, 2.05) is 0 Å². The van der Waals surface area contributed by atoms with Crippen LogP contribution in [0.25, 0.3) is 0 Å². The molecule has 1 aromatic rings. The van der Waals surface area contributed by atoms with Crippen LogP contribution in [-0.2, 0) is 13.6 Å². The number of nitrogens with zero attached hydrogens (tertiary/aromatic N) is 3. The number of allylic oxidation sites excluding steroid dienone is 1. The van der Waals surface area contributed by atoms with E-state index in [0.29, 0.717) is 5.82 Å². The minimum atomic E-state index is -5.12. The second-order valence-corrected chi connectivity index (χ2v) is 3.28. The first-order chi connectivity index (χ1) is 6.73. The summed E-state index contributed by atoms with van der Waals surface area (Å²) in [5.41, 5.74) is -1.51. The summed E-state index contributed by atoms with van der Waals surface area (Å²) in [6.07, 6.45) is 0. The maximum Gasteiger partial charge on any atom is 1.00 e. The van der Waals surface area contributed by atoms with E-state index in [4.69, 9.17) is 0 Å². The van der Waals surface area contributed by atoms with Gasteiger partial charge in [-0.15, -0.1) is 12.1 Å². The van der Waals surface area contributed by atoms with Gasteiger partial charge in [0.15, 0.2) is 0 Å². The van der Waals surface area contributed by atoms with Crippen LogP contribution in [0.15, 0.2) is 16.8 Å². The Morgan fingerprint density at radius 2 is 2.00 bits per heavy atom. The second-order valence-electron chi connectivity index (χ2n) is 3.28. The first-order valence-electron chi connectivity index (χ1n) is 4.21. The van der Waals surface area contributed by atoms with Crippen molar-refractivity contribution in [2.45, 2.75) is 13.5 Å². The molecule has 0 aliphatic carbocycles. The van der Waals surface area contributed by atoms with Gasteiger partial charge in [0, 0.05) is 13.6 Å². The number of aryl methyl sites for hydroxylation is 1. The van der Waals surface area contributed by atoms with Crippen molar-refractivity contribution in [3.8, 4) is 0 Å². The Kier molecular flexibility index (Phi) is 5.74. The molecule has 0 bridgehead atoms. The molecule has 4 nitrogen and oxygen atoms in total. The minimum absolute atomic E-state index is 0. The van der Waals surface area contributed by atoms with E-state index in [1.54, 1.807) is 6.92 Å². The molecule has 16 heavy (non-hydrogen) atoms. The standard InChI is InChI=1S/C7H10BF3N3O.K/c1-5(8(9,10)11)4-14-7(15)13(3)6(2)12-14;/h1,4H2,2-3H3;/q-1;+1. The van der Waals surface area contributed by atoms with Crippen molar-refractivity contribution in [2.75, 3.05) is 0 Å². The number of hydrogen-bond donors (Lipinski definition) is 0. The Hall–Kier alpha value is 0.171. The third-order valence-corrected chi connectivity index (χ3v) is 2.07. The molecule has 0 fully saturated rings. The Balaban J connectivity index is 0.00000225. The molecule has 0 saturated heterocycles. The Morgan fingerprint density at radius 1 is 1.50 bits per heavy atom. The van der Waals surface area contributed by atoms with Gasteiger partial charge in [0.25, 0.3) is 0 Å². The average Bonchev–Trinajstić information content (AvgIpc) is 2.32. The molecule has 0 saturated carbocycles. The van der Waals surface area contributed by atoms with E-state index in [-0.39, 0.29) is 51.4 Å². The van der Waals surface area contributed by atoms with Crippen molar-refractivity contribution in [1.82, 2.24) is 14.3 Å². The molecule has 1 rings (SSSR count). The van der Waals surface area contributed by atoms with Crippen molar-refractivity contribution in [1.29, 1.82) is 0 Å². The zero-order valence-electron chi connectivity index (χ0n) is 9.38. The molecule has 84 valence electrons. The predicted octanol–water partition coefficient (Wildman–Crippen LogP) is -2.16. The smallest absolute Gasteiger partial charge is 0.445 e. The summed E-state index contributed by atoms with van der Waals surface area (Å²) in [4.78, 5) is 11.3. The molecule has 0 amide bonds. The fraction of sp³-hybridized carbons (Fsp3) is 0.429. The summed E-state index contributed by atoms with van der Waals surface area (Å²) in [5.74, 6) is 0.363. The van der Waals surface area contributed by atoms with E-state index >= 15 is 0 Å². The molecule has 1 heterocycles. The van der Waals surface area contributed by atoms with Gasteiger partial charge in [0.2, 0.25) is 0 Å². The van der Waals surface area contributed by atoms with Gasteiger partial charge in [0.05, 0.1) is 0 Å². The molecule has 1 aromatic heterocycles. The van der Waals surface area contributed by atoms with Gasteiger partial charge in [0.1, 0.15) is 5.82 Å². The summed E-state index contributed by atoms with van der Waals surface area (Å²) < 4.78 is 38.5. The van der Waals surface area contributed by atoms with Crippen molar-refractivity contribution in [2.24, 2.45) is 7.05 Å². The van der Waals surface area contributed by atoms with Gasteiger partial charge >= 0.3 is 64.1 Å². The second kappa shape index (κ2) is 5.67. The molecular weight excluding hydrogens is 249 g/mol. The predicted molar refractivity (Wildman–Crippen MR) is 50.4 cm³/mol. The van der Waals surface area contributed by atoms with Gasteiger partial charge in [-0.1, -0.05) is 0 Å². The van der Waals surface area contributed by atoms with Crippen LogP contribution in [0.1, 0.15) is 5.82 Å². The van der Waals surface area contributed by atoms with Crippen LogP contribution in [0, 0.1) is 6.92 Å². The van der Waals surface area contributed by atoms with Crippen molar-refractivity contribution in [3.05, 3.63) is 28.4 Å². The number of hydrogen-bond acceptors (Lipinski definition) is 2. The van der Waals surface area contributed by atoms with Crippen molar-refractivity contribution in [3.63, 3.8) is 0 Å². The summed E-state index contributed by atoms with van der Waals surface area (Å²) in [7, 11) is 1.45. The molecule has 0 spiro atoms. The Labute approximate surface area is 133 Å². The fourth-order valence-corrected chi connectivity index (χ4v) is 0.995. The van der Waals surface area contributed by atoms with Gasteiger partial charge in [-0.3, -0.25) is 4.57 Å². The van der Waals surface area contributed by atoms with Crippen LogP contribution in [0.2, 0.25) is 0 Å². The summed E-state index contributed by atoms with van der Waals surface area (Å²) in [5, 5.41) is 3.68. The molecule has 0 aliphatic heterocycles. The minimum Gasteiger partial charge on any atom is -0.445 e. The van der Waals surface area contributed by atoms with E-state index < -0.39 is 24.7 Å². The number of aromatic nitrogens is 3. The molecule has 0 radical (unpaired) electrons. The SMILES string of the molecule is C=C(Cn1nc(C)n(C)c1=O)[B-](F)(F)F.[K+]. The molecule has 0 aliphatic rings. The molecule has 0 atom stereocenters. The monoisotopic (exact) mass is 259 g/mol. The van der Waals surface area contributed by atoms with Crippen LogP contribution >= 0.6 is 0 Å². The maximum absolute atomic E-state index is 12.2. The third-order valence-electron chi connectivity index (χ3n) is 2.07. The van der Waals surface area contributed by atoms with Crippen molar-refractivity contribution < 1.29 is 64.3 Å². The largest absolute Gasteiger partial charge is 1.00 e. The maximum atomic E-state index is 12.2. The number of halogens is 3. The van der Waals surface area contributed by atoms with Crippen LogP contribution < -0.4 is 57.1 Å². The van der Waals surface area contributed by atoms with Crippen LogP contribution in [0.5, 0.6) is 0 Å². The van der Waals surface area contributed by atoms with Gasteiger partial charge in [-0.05, 0) is 6.92 Å². The first kappa shape index (κ1) is 16.2. The summed E-state index contributed by atoms with van der Waals surface area (Å²) in [6, 6.07) is 0. The summed E-state index contributed by atoms with van der Waals surface area (Å²) >= 11 is 0. The zero-order valence-corrected chi connectivity index (χ0v) is 12.5. The third kappa shape index (κ3) is 3.59. The van der Waals surface area contributed by atoms with Crippen LogP contribution in [0.3, 0.4) is 0 Å². The van der Waals surface area contributed by atoms with E-state index in [9.17, 15) is 17.7 Å². The van der Waals surface area contributed by atoms with E-state index in [0.717, 1.165) is 4.68 Å². The quantitative estimate of drug-likeness (QED) is 0.580. The Bertz CT molecular complexity index is 451.